The second-order valence-corrected chi connectivity index (χ2v) is 7.78. The minimum Gasteiger partial charge on any atom is -0.383 e. The van der Waals surface area contributed by atoms with Crippen molar-refractivity contribution in [3.8, 4) is 0 Å². The smallest absolute Gasteiger partial charge is 0.215 e. The van der Waals surface area contributed by atoms with Crippen LogP contribution in [0.2, 0.25) is 0 Å². The molecular formula is C16H25FN2O3S. The van der Waals surface area contributed by atoms with E-state index in [1.54, 1.807) is 19.2 Å². The molecular weight excluding hydrogens is 319 g/mol. The van der Waals surface area contributed by atoms with Crippen molar-refractivity contribution in [2.45, 2.75) is 18.6 Å². The van der Waals surface area contributed by atoms with Crippen molar-refractivity contribution < 1.29 is 17.5 Å². The Labute approximate surface area is 137 Å². The topological polar surface area (TPSA) is 58.6 Å². The molecule has 0 radical (unpaired) electrons. The monoisotopic (exact) mass is 344 g/mol. The molecule has 0 unspecified atom stereocenters. The molecule has 1 aromatic carbocycles. The molecule has 0 saturated carbocycles. The van der Waals surface area contributed by atoms with Crippen LogP contribution in [-0.4, -0.2) is 53.2 Å². The van der Waals surface area contributed by atoms with E-state index in [1.165, 1.54) is 12.1 Å². The van der Waals surface area contributed by atoms with Crippen LogP contribution in [0.5, 0.6) is 0 Å². The van der Waals surface area contributed by atoms with Crippen LogP contribution in [0.1, 0.15) is 18.4 Å². The van der Waals surface area contributed by atoms with Crippen LogP contribution in [0.15, 0.2) is 24.3 Å². The zero-order valence-corrected chi connectivity index (χ0v) is 14.3. The van der Waals surface area contributed by atoms with Crippen LogP contribution in [0.4, 0.5) is 4.39 Å². The summed E-state index contributed by atoms with van der Waals surface area (Å²) in [5, 5.41) is 0. The minimum absolute atomic E-state index is 0.203. The maximum atomic E-state index is 13.6. The lowest BCUT2D eigenvalue weighted by atomic mass is 9.97. The minimum atomic E-state index is -3.51. The molecule has 0 aromatic heterocycles. The van der Waals surface area contributed by atoms with E-state index in [9.17, 15) is 12.8 Å². The molecule has 1 aliphatic heterocycles. The molecule has 1 saturated heterocycles. The van der Waals surface area contributed by atoms with Gasteiger partial charge in [0.05, 0.1) is 12.4 Å². The second kappa shape index (κ2) is 8.73. The van der Waals surface area contributed by atoms with Crippen LogP contribution in [0.25, 0.3) is 0 Å². The Morgan fingerprint density at radius 1 is 1.30 bits per heavy atom. The van der Waals surface area contributed by atoms with Gasteiger partial charge in [-0.1, -0.05) is 18.2 Å². The summed E-state index contributed by atoms with van der Waals surface area (Å²) in [5.41, 5.74) is 0.203. The molecule has 7 heteroatoms. The Balaban J connectivity index is 1.76. The fraction of sp³-hybridized carbons (Fsp3) is 0.625. The van der Waals surface area contributed by atoms with E-state index >= 15 is 0 Å². The zero-order valence-electron chi connectivity index (χ0n) is 13.5. The van der Waals surface area contributed by atoms with Gasteiger partial charge in [0.25, 0.3) is 0 Å². The molecule has 0 amide bonds. The molecule has 0 bridgehead atoms. The van der Waals surface area contributed by atoms with Crippen molar-refractivity contribution in [2.24, 2.45) is 5.92 Å². The number of sulfonamides is 1. The van der Waals surface area contributed by atoms with E-state index in [0.717, 1.165) is 39.1 Å². The first kappa shape index (κ1) is 18.3. The highest BCUT2D eigenvalue weighted by Gasteiger charge is 2.21. The molecule has 2 rings (SSSR count). The largest absolute Gasteiger partial charge is 0.383 e. The summed E-state index contributed by atoms with van der Waals surface area (Å²) in [5.74, 6) is -0.458. The molecule has 1 N–H and O–H groups in total. The summed E-state index contributed by atoms with van der Waals surface area (Å²) in [7, 11) is -1.82. The van der Waals surface area contributed by atoms with Gasteiger partial charge in [0.15, 0.2) is 0 Å². The second-order valence-electron chi connectivity index (χ2n) is 5.98. The third kappa shape index (κ3) is 6.18. The summed E-state index contributed by atoms with van der Waals surface area (Å²) in [6.07, 6.45) is 1.93. The third-order valence-electron chi connectivity index (χ3n) is 4.21. The fourth-order valence-electron chi connectivity index (χ4n) is 2.75. The number of likely N-dealkylation sites (tertiary alicyclic amines) is 1. The van der Waals surface area contributed by atoms with Crippen molar-refractivity contribution in [3.63, 3.8) is 0 Å². The molecule has 23 heavy (non-hydrogen) atoms. The van der Waals surface area contributed by atoms with Gasteiger partial charge in [-0.05, 0) is 37.9 Å². The number of hydrogen-bond donors (Lipinski definition) is 1. The summed E-state index contributed by atoms with van der Waals surface area (Å²) >= 11 is 0. The molecule has 1 heterocycles. The summed E-state index contributed by atoms with van der Waals surface area (Å²) in [6, 6.07) is 5.98. The van der Waals surface area contributed by atoms with Crippen LogP contribution < -0.4 is 4.72 Å². The highest BCUT2D eigenvalue weighted by atomic mass is 32.2. The zero-order chi connectivity index (χ0) is 16.7. The quantitative estimate of drug-likeness (QED) is 0.778. The first-order valence-corrected chi connectivity index (χ1v) is 9.57. The summed E-state index contributed by atoms with van der Waals surface area (Å²) in [4.78, 5) is 2.33. The lowest BCUT2D eigenvalue weighted by Gasteiger charge is -2.31. The predicted molar refractivity (Wildman–Crippen MR) is 88.1 cm³/mol. The number of piperidine rings is 1. The Morgan fingerprint density at radius 3 is 2.65 bits per heavy atom. The van der Waals surface area contributed by atoms with Crippen molar-refractivity contribution in [1.82, 2.24) is 9.62 Å². The van der Waals surface area contributed by atoms with E-state index in [-0.39, 0.29) is 11.3 Å². The molecule has 1 aliphatic rings. The highest BCUT2D eigenvalue weighted by molar-refractivity contribution is 7.88. The van der Waals surface area contributed by atoms with Crippen LogP contribution >= 0.6 is 0 Å². The van der Waals surface area contributed by atoms with Gasteiger partial charge in [0, 0.05) is 25.8 Å². The average molecular weight is 344 g/mol. The van der Waals surface area contributed by atoms with Crippen molar-refractivity contribution >= 4 is 10.0 Å². The van der Waals surface area contributed by atoms with Crippen molar-refractivity contribution in [1.29, 1.82) is 0 Å². The standard InChI is InChI=1S/C16H25FN2O3S/c1-22-11-10-19-8-6-14(7-9-19)12-18-23(20,21)13-15-4-2-3-5-16(15)17/h2-5,14,18H,6-13H2,1H3. The van der Waals surface area contributed by atoms with Gasteiger partial charge in [-0.2, -0.15) is 0 Å². The van der Waals surface area contributed by atoms with Gasteiger partial charge in [0.2, 0.25) is 10.0 Å². The number of hydrogen-bond acceptors (Lipinski definition) is 4. The van der Waals surface area contributed by atoms with Gasteiger partial charge in [0.1, 0.15) is 5.82 Å². The first-order chi connectivity index (χ1) is 11.0. The number of ether oxygens (including phenoxy) is 1. The molecule has 1 fully saturated rings. The molecule has 0 aliphatic carbocycles. The van der Waals surface area contributed by atoms with E-state index < -0.39 is 15.8 Å². The molecule has 130 valence electrons. The Morgan fingerprint density at radius 2 is 2.00 bits per heavy atom. The molecule has 0 spiro atoms. The van der Waals surface area contributed by atoms with Crippen LogP contribution in [0.3, 0.4) is 0 Å². The normalized spacial score (nSPS) is 17.5. The highest BCUT2D eigenvalue weighted by Crippen LogP contribution is 2.17. The van der Waals surface area contributed by atoms with Gasteiger partial charge < -0.3 is 9.64 Å². The Hall–Kier alpha value is -1.02. The number of nitrogens with one attached hydrogen (secondary N) is 1. The number of benzene rings is 1. The fourth-order valence-corrected chi connectivity index (χ4v) is 3.99. The Bertz CT molecular complexity index is 587. The van der Waals surface area contributed by atoms with E-state index in [2.05, 4.69) is 9.62 Å². The Kier molecular flexibility index (Phi) is 6.95. The van der Waals surface area contributed by atoms with Crippen molar-refractivity contribution in [3.05, 3.63) is 35.6 Å². The van der Waals surface area contributed by atoms with Crippen LogP contribution in [0, 0.1) is 11.7 Å². The first-order valence-electron chi connectivity index (χ1n) is 7.92. The van der Waals surface area contributed by atoms with E-state index in [1.807, 2.05) is 0 Å². The average Bonchev–Trinajstić information content (AvgIpc) is 2.54. The number of methoxy groups -OCH3 is 1. The van der Waals surface area contributed by atoms with E-state index in [0.29, 0.717) is 12.5 Å². The number of rotatable bonds is 8. The van der Waals surface area contributed by atoms with Crippen LogP contribution in [-0.2, 0) is 20.5 Å². The maximum absolute atomic E-state index is 13.6. The van der Waals surface area contributed by atoms with Gasteiger partial charge >= 0.3 is 0 Å². The molecule has 1 aromatic rings. The lowest BCUT2D eigenvalue weighted by Crippen LogP contribution is -2.40. The number of nitrogens with zero attached hydrogens (tertiary/aromatic N) is 1. The van der Waals surface area contributed by atoms with Gasteiger partial charge in [-0.3, -0.25) is 0 Å². The maximum Gasteiger partial charge on any atom is 0.215 e. The van der Waals surface area contributed by atoms with Gasteiger partial charge in [-0.15, -0.1) is 0 Å². The number of halogens is 1. The summed E-state index contributed by atoms with van der Waals surface area (Å²) in [6.45, 7) is 3.99. The molecule has 5 nitrogen and oxygen atoms in total. The lowest BCUT2D eigenvalue weighted by molar-refractivity contribution is 0.121. The predicted octanol–water partition coefficient (Wildman–Crippen LogP) is 1.60. The third-order valence-corrected chi connectivity index (χ3v) is 5.51. The summed E-state index contributed by atoms with van der Waals surface area (Å²) < 4.78 is 45.4. The SMILES string of the molecule is COCCN1CCC(CNS(=O)(=O)Cc2ccccc2F)CC1. The van der Waals surface area contributed by atoms with Crippen molar-refractivity contribution in [2.75, 3.05) is 39.9 Å². The van der Waals surface area contributed by atoms with Gasteiger partial charge in [-0.25, -0.2) is 17.5 Å². The molecule has 0 atom stereocenters. The van der Waals surface area contributed by atoms with E-state index in [4.69, 9.17) is 4.74 Å².